The Morgan fingerprint density at radius 3 is 2.88 bits per heavy atom. The average molecular weight is 241 g/mol. The zero-order valence-corrected chi connectivity index (χ0v) is 9.71. The lowest BCUT2D eigenvalue weighted by molar-refractivity contribution is -0.383. The van der Waals surface area contributed by atoms with Gasteiger partial charge in [-0.3, -0.25) is 10.1 Å². The molecule has 0 saturated carbocycles. The third kappa shape index (κ3) is 3.25. The maximum absolute atomic E-state index is 10.8. The fraction of sp³-hybridized carbons (Fsp3) is 0.556. The minimum absolute atomic E-state index is 0.0620. The second-order valence-electron chi connectivity index (χ2n) is 3.42. The number of nitrogen functional groups attached to an aromatic ring is 1. The Morgan fingerprint density at radius 2 is 2.35 bits per heavy atom. The lowest BCUT2D eigenvalue weighted by Crippen LogP contribution is -2.25. The van der Waals surface area contributed by atoms with E-state index in [1.807, 2.05) is 6.92 Å². The van der Waals surface area contributed by atoms with E-state index in [1.165, 1.54) is 6.33 Å². The molecule has 0 aliphatic carbocycles. The summed E-state index contributed by atoms with van der Waals surface area (Å²) in [6.45, 7) is 2.37. The van der Waals surface area contributed by atoms with E-state index in [4.69, 9.17) is 10.5 Å². The number of nitrogens with two attached hydrogens (primary N) is 1. The fourth-order valence-electron chi connectivity index (χ4n) is 1.33. The van der Waals surface area contributed by atoms with Crippen molar-refractivity contribution in [2.45, 2.75) is 19.4 Å². The van der Waals surface area contributed by atoms with Crippen molar-refractivity contribution in [1.82, 2.24) is 9.97 Å². The van der Waals surface area contributed by atoms with Gasteiger partial charge < -0.3 is 15.8 Å². The standard InChI is InChI=1S/C9H15N5O3/c1-3-6(4-17-2)13-9-7(14(15)16)8(10)11-5-12-9/h5-6H,3-4H2,1-2H3,(H3,10,11,12,13). The van der Waals surface area contributed by atoms with Crippen LogP contribution in [0.25, 0.3) is 0 Å². The summed E-state index contributed by atoms with van der Waals surface area (Å²) in [5.74, 6) is -0.0360. The molecule has 1 aromatic heterocycles. The summed E-state index contributed by atoms with van der Waals surface area (Å²) in [4.78, 5) is 17.7. The van der Waals surface area contributed by atoms with E-state index >= 15 is 0 Å². The Bertz CT molecular complexity index is 398. The summed E-state index contributed by atoms with van der Waals surface area (Å²) >= 11 is 0. The van der Waals surface area contributed by atoms with Crippen LogP contribution < -0.4 is 11.1 Å². The van der Waals surface area contributed by atoms with Crippen LogP contribution in [0.4, 0.5) is 17.3 Å². The number of rotatable bonds is 6. The van der Waals surface area contributed by atoms with Crippen molar-refractivity contribution < 1.29 is 9.66 Å². The van der Waals surface area contributed by atoms with Gasteiger partial charge in [-0.05, 0) is 6.42 Å². The molecule has 0 amide bonds. The van der Waals surface area contributed by atoms with Crippen molar-refractivity contribution in [3.63, 3.8) is 0 Å². The summed E-state index contributed by atoms with van der Waals surface area (Å²) in [7, 11) is 1.56. The summed E-state index contributed by atoms with van der Waals surface area (Å²) < 4.78 is 4.99. The molecule has 0 aromatic carbocycles. The van der Waals surface area contributed by atoms with Gasteiger partial charge in [0.2, 0.25) is 11.6 Å². The van der Waals surface area contributed by atoms with Crippen LogP contribution in [0.2, 0.25) is 0 Å². The van der Waals surface area contributed by atoms with E-state index in [-0.39, 0.29) is 23.4 Å². The summed E-state index contributed by atoms with van der Waals surface area (Å²) in [5.41, 5.74) is 5.15. The van der Waals surface area contributed by atoms with Crippen LogP contribution in [0.5, 0.6) is 0 Å². The highest BCUT2D eigenvalue weighted by atomic mass is 16.6. The molecule has 0 aliphatic rings. The number of nitrogens with one attached hydrogen (secondary N) is 1. The first-order chi connectivity index (χ1) is 8.10. The largest absolute Gasteiger partial charge is 0.383 e. The number of hydrogen-bond acceptors (Lipinski definition) is 7. The van der Waals surface area contributed by atoms with Crippen LogP contribution in [0.15, 0.2) is 6.33 Å². The molecule has 0 aliphatic heterocycles. The van der Waals surface area contributed by atoms with Gasteiger partial charge in [0.1, 0.15) is 6.33 Å². The molecule has 1 heterocycles. The lowest BCUT2D eigenvalue weighted by atomic mass is 10.2. The molecule has 0 bridgehead atoms. The summed E-state index contributed by atoms with van der Waals surface area (Å²) in [6.07, 6.45) is 1.93. The lowest BCUT2D eigenvalue weighted by Gasteiger charge is -2.16. The molecular weight excluding hydrogens is 226 g/mol. The van der Waals surface area contributed by atoms with Crippen LogP contribution in [-0.2, 0) is 4.74 Å². The minimum Gasteiger partial charge on any atom is -0.383 e. The number of hydrogen-bond donors (Lipinski definition) is 2. The normalized spacial score (nSPS) is 12.1. The SMILES string of the molecule is CCC(COC)Nc1ncnc(N)c1[N+](=O)[O-]. The minimum atomic E-state index is -0.600. The second-order valence-corrected chi connectivity index (χ2v) is 3.42. The third-order valence-corrected chi connectivity index (χ3v) is 2.23. The third-order valence-electron chi connectivity index (χ3n) is 2.23. The maximum atomic E-state index is 10.8. The summed E-state index contributed by atoms with van der Waals surface area (Å²) in [6, 6.07) is -0.0620. The van der Waals surface area contributed by atoms with Gasteiger partial charge in [-0.25, -0.2) is 9.97 Å². The molecule has 1 unspecified atom stereocenters. The Hall–Kier alpha value is -1.96. The first-order valence-corrected chi connectivity index (χ1v) is 5.10. The molecule has 0 saturated heterocycles. The number of aromatic nitrogens is 2. The maximum Gasteiger partial charge on any atom is 0.352 e. The highest BCUT2D eigenvalue weighted by molar-refractivity contribution is 5.67. The van der Waals surface area contributed by atoms with Crippen LogP contribution >= 0.6 is 0 Å². The smallest absolute Gasteiger partial charge is 0.352 e. The van der Waals surface area contributed by atoms with E-state index in [1.54, 1.807) is 7.11 Å². The molecule has 3 N–H and O–H groups in total. The number of methoxy groups -OCH3 is 1. The Balaban J connectivity index is 2.97. The number of anilines is 2. The van der Waals surface area contributed by atoms with Gasteiger partial charge in [0.15, 0.2) is 0 Å². The van der Waals surface area contributed by atoms with Gasteiger partial charge in [0, 0.05) is 7.11 Å². The molecule has 0 fully saturated rings. The number of nitrogens with zero attached hydrogens (tertiary/aromatic N) is 3. The van der Waals surface area contributed by atoms with Gasteiger partial charge >= 0.3 is 5.69 Å². The van der Waals surface area contributed by atoms with Gasteiger partial charge in [0.05, 0.1) is 17.6 Å². The van der Waals surface area contributed by atoms with E-state index in [0.29, 0.717) is 6.61 Å². The van der Waals surface area contributed by atoms with Crippen molar-refractivity contribution in [2.24, 2.45) is 0 Å². The molecule has 8 nitrogen and oxygen atoms in total. The van der Waals surface area contributed by atoms with Crippen LogP contribution in [0, 0.1) is 10.1 Å². The zero-order valence-electron chi connectivity index (χ0n) is 9.71. The van der Waals surface area contributed by atoms with Crippen molar-refractivity contribution in [3.05, 3.63) is 16.4 Å². The molecule has 94 valence electrons. The first-order valence-electron chi connectivity index (χ1n) is 5.10. The second kappa shape index (κ2) is 5.94. The van der Waals surface area contributed by atoms with E-state index in [0.717, 1.165) is 6.42 Å². The predicted octanol–water partition coefficient (Wildman–Crippen LogP) is 0.804. The molecule has 1 atom stereocenters. The van der Waals surface area contributed by atoms with Crippen molar-refractivity contribution in [1.29, 1.82) is 0 Å². The number of nitro groups is 1. The van der Waals surface area contributed by atoms with Crippen LogP contribution in [-0.4, -0.2) is 34.6 Å². The van der Waals surface area contributed by atoms with Crippen molar-refractivity contribution in [3.8, 4) is 0 Å². The Morgan fingerprint density at radius 1 is 1.65 bits per heavy atom. The molecular formula is C9H15N5O3. The number of ether oxygens (including phenoxy) is 1. The first kappa shape index (κ1) is 13.1. The molecule has 17 heavy (non-hydrogen) atoms. The van der Waals surface area contributed by atoms with E-state index in [9.17, 15) is 10.1 Å². The zero-order chi connectivity index (χ0) is 12.8. The molecule has 1 aromatic rings. The topological polar surface area (TPSA) is 116 Å². The van der Waals surface area contributed by atoms with Crippen LogP contribution in [0.3, 0.4) is 0 Å². The Labute approximate surface area is 98.4 Å². The highest BCUT2D eigenvalue weighted by Crippen LogP contribution is 2.26. The average Bonchev–Trinajstić information content (AvgIpc) is 2.28. The van der Waals surface area contributed by atoms with Gasteiger partial charge in [-0.1, -0.05) is 6.92 Å². The molecule has 8 heteroatoms. The molecule has 1 rings (SSSR count). The fourth-order valence-corrected chi connectivity index (χ4v) is 1.33. The molecule has 0 spiro atoms. The van der Waals surface area contributed by atoms with Crippen molar-refractivity contribution in [2.75, 3.05) is 24.8 Å². The van der Waals surface area contributed by atoms with Crippen LogP contribution in [0.1, 0.15) is 13.3 Å². The van der Waals surface area contributed by atoms with Gasteiger partial charge in [0.25, 0.3) is 0 Å². The van der Waals surface area contributed by atoms with Crippen molar-refractivity contribution >= 4 is 17.3 Å². The highest BCUT2D eigenvalue weighted by Gasteiger charge is 2.22. The Kier molecular flexibility index (Phi) is 4.58. The van der Waals surface area contributed by atoms with E-state index < -0.39 is 4.92 Å². The predicted molar refractivity (Wildman–Crippen MR) is 62.7 cm³/mol. The van der Waals surface area contributed by atoms with Gasteiger partial charge in [-0.15, -0.1) is 0 Å². The van der Waals surface area contributed by atoms with E-state index in [2.05, 4.69) is 15.3 Å². The monoisotopic (exact) mass is 241 g/mol. The van der Waals surface area contributed by atoms with Gasteiger partial charge in [-0.2, -0.15) is 0 Å². The molecule has 0 radical (unpaired) electrons. The summed E-state index contributed by atoms with van der Waals surface area (Å²) in [5, 5.41) is 13.8. The quantitative estimate of drug-likeness (QED) is 0.559.